The van der Waals surface area contributed by atoms with Gasteiger partial charge in [-0.2, -0.15) is 0 Å². The van der Waals surface area contributed by atoms with E-state index < -0.39 is 6.04 Å². The summed E-state index contributed by atoms with van der Waals surface area (Å²) < 4.78 is 0. The summed E-state index contributed by atoms with van der Waals surface area (Å²) in [6.45, 7) is 4.02. The number of amides is 1. The lowest BCUT2D eigenvalue weighted by Gasteiger charge is -2.15. The molecule has 1 atom stereocenters. The molecular weight excluding hydrogens is 228 g/mol. The fraction of sp³-hybridized carbons (Fsp3) is 0.500. The second-order valence-corrected chi connectivity index (χ2v) is 4.14. The molecule has 0 saturated carbocycles. The molecule has 1 aromatic rings. The van der Waals surface area contributed by atoms with Gasteiger partial charge in [-0.05, 0) is 5.92 Å². The SMILES string of the molecule is CC(C)C(N)C(=O)NCc1nccnc1Cl. The van der Waals surface area contributed by atoms with E-state index in [1.165, 1.54) is 12.4 Å². The molecule has 0 aromatic carbocycles. The zero-order chi connectivity index (χ0) is 12.1. The number of hydrogen-bond donors (Lipinski definition) is 2. The number of rotatable bonds is 4. The number of carbonyl (C=O) groups is 1. The Morgan fingerprint density at radius 2 is 2.12 bits per heavy atom. The monoisotopic (exact) mass is 242 g/mol. The number of nitrogens with one attached hydrogen (secondary N) is 1. The van der Waals surface area contributed by atoms with Crippen LogP contribution in [0, 0.1) is 5.92 Å². The van der Waals surface area contributed by atoms with E-state index in [0.29, 0.717) is 10.8 Å². The molecule has 1 aromatic heterocycles. The molecule has 0 bridgehead atoms. The van der Waals surface area contributed by atoms with Crippen LogP contribution in [0.2, 0.25) is 5.15 Å². The van der Waals surface area contributed by atoms with Crippen LogP contribution in [0.3, 0.4) is 0 Å². The highest BCUT2D eigenvalue weighted by Crippen LogP contribution is 2.07. The van der Waals surface area contributed by atoms with Gasteiger partial charge in [0, 0.05) is 12.4 Å². The Morgan fingerprint density at radius 3 is 2.69 bits per heavy atom. The molecular formula is C10H15ClN4O. The van der Waals surface area contributed by atoms with Crippen molar-refractivity contribution in [1.82, 2.24) is 15.3 Å². The molecule has 0 aliphatic rings. The third-order valence-corrected chi connectivity index (χ3v) is 2.49. The minimum atomic E-state index is -0.518. The summed E-state index contributed by atoms with van der Waals surface area (Å²) in [6.07, 6.45) is 3.02. The predicted octanol–water partition coefficient (Wildman–Crippen LogP) is 0.730. The number of aromatic nitrogens is 2. The summed E-state index contributed by atoms with van der Waals surface area (Å²) in [6, 6.07) is -0.518. The molecule has 16 heavy (non-hydrogen) atoms. The maximum atomic E-state index is 11.5. The Hall–Kier alpha value is -1.20. The number of nitrogens with zero attached hydrogens (tertiary/aromatic N) is 2. The van der Waals surface area contributed by atoms with Gasteiger partial charge in [0.25, 0.3) is 0 Å². The normalized spacial score (nSPS) is 12.6. The Kier molecular flexibility index (Phi) is 4.64. The van der Waals surface area contributed by atoms with Crippen LogP contribution in [0.4, 0.5) is 0 Å². The number of halogens is 1. The highest BCUT2D eigenvalue weighted by Gasteiger charge is 2.17. The zero-order valence-corrected chi connectivity index (χ0v) is 10.0. The van der Waals surface area contributed by atoms with Gasteiger partial charge < -0.3 is 11.1 Å². The van der Waals surface area contributed by atoms with Crippen molar-refractivity contribution < 1.29 is 4.79 Å². The first kappa shape index (κ1) is 12.9. The van der Waals surface area contributed by atoms with Gasteiger partial charge >= 0.3 is 0 Å². The highest BCUT2D eigenvalue weighted by molar-refractivity contribution is 6.29. The molecule has 0 spiro atoms. The summed E-state index contributed by atoms with van der Waals surface area (Å²) in [5, 5.41) is 2.96. The second-order valence-electron chi connectivity index (χ2n) is 3.78. The minimum Gasteiger partial charge on any atom is -0.349 e. The summed E-state index contributed by atoms with van der Waals surface area (Å²) in [5.74, 6) is -0.117. The van der Waals surface area contributed by atoms with Crippen LogP contribution in [0.25, 0.3) is 0 Å². The molecule has 0 saturated heterocycles. The van der Waals surface area contributed by atoms with Crippen LogP contribution >= 0.6 is 11.6 Å². The zero-order valence-electron chi connectivity index (χ0n) is 9.27. The summed E-state index contributed by atoms with van der Waals surface area (Å²) >= 11 is 5.79. The highest BCUT2D eigenvalue weighted by atomic mass is 35.5. The summed E-state index contributed by atoms with van der Waals surface area (Å²) in [7, 11) is 0. The second kappa shape index (κ2) is 5.77. The van der Waals surface area contributed by atoms with Gasteiger partial charge in [0.2, 0.25) is 5.91 Å². The molecule has 88 valence electrons. The van der Waals surface area contributed by atoms with Crippen molar-refractivity contribution in [3.8, 4) is 0 Å². The molecule has 0 fully saturated rings. The van der Waals surface area contributed by atoms with Crippen molar-refractivity contribution in [3.63, 3.8) is 0 Å². The molecule has 0 aliphatic heterocycles. The van der Waals surface area contributed by atoms with E-state index in [2.05, 4.69) is 15.3 Å². The van der Waals surface area contributed by atoms with Crippen LogP contribution in [-0.2, 0) is 11.3 Å². The van der Waals surface area contributed by atoms with Crippen LogP contribution in [0.15, 0.2) is 12.4 Å². The largest absolute Gasteiger partial charge is 0.349 e. The van der Waals surface area contributed by atoms with E-state index >= 15 is 0 Å². The Labute approximate surface area is 99.4 Å². The van der Waals surface area contributed by atoms with Crippen molar-refractivity contribution in [2.45, 2.75) is 26.4 Å². The van der Waals surface area contributed by atoms with E-state index in [9.17, 15) is 4.79 Å². The lowest BCUT2D eigenvalue weighted by Crippen LogP contribution is -2.43. The van der Waals surface area contributed by atoms with Crippen molar-refractivity contribution >= 4 is 17.5 Å². The van der Waals surface area contributed by atoms with Crippen LogP contribution in [-0.4, -0.2) is 21.9 Å². The molecule has 5 nitrogen and oxygen atoms in total. The van der Waals surface area contributed by atoms with E-state index in [1.807, 2.05) is 13.8 Å². The average molecular weight is 243 g/mol. The summed E-state index contributed by atoms with van der Waals surface area (Å²) in [5.41, 5.74) is 6.22. The Bertz CT molecular complexity index is 370. The third-order valence-electron chi connectivity index (χ3n) is 2.17. The Morgan fingerprint density at radius 1 is 1.50 bits per heavy atom. The molecule has 0 radical (unpaired) electrons. The van der Waals surface area contributed by atoms with E-state index in [4.69, 9.17) is 17.3 Å². The smallest absolute Gasteiger partial charge is 0.237 e. The van der Waals surface area contributed by atoms with Crippen molar-refractivity contribution in [2.75, 3.05) is 0 Å². The van der Waals surface area contributed by atoms with E-state index in [-0.39, 0.29) is 18.4 Å². The first-order valence-corrected chi connectivity index (χ1v) is 5.39. The van der Waals surface area contributed by atoms with Gasteiger partial charge in [0.1, 0.15) is 0 Å². The van der Waals surface area contributed by atoms with Crippen molar-refractivity contribution in [3.05, 3.63) is 23.2 Å². The first-order chi connectivity index (χ1) is 7.52. The molecule has 1 unspecified atom stereocenters. The van der Waals surface area contributed by atoms with Crippen molar-refractivity contribution in [2.24, 2.45) is 11.7 Å². The molecule has 1 rings (SSSR count). The van der Waals surface area contributed by atoms with Crippen LogP contribution < -0.4 is 11.1 Å². The quantitative estimate of drug-likeness (QED) is 0.816. The van der Waals surface area contributed by atoms with Gasteiger partial charge in [-0.3, -0.25) is 9.78 Å². The maximum Gasteiger partial charge on any atom is 0.237 e. The lowest BCUT2D eigenvalue weighted by atomic mass is 10.1. The van der Waals surface area contributed by atoms with Gasteiger partial charge in [-0.15, -0.1) is 0 Å². The van der Waals surface area contributed by atoms with Crippen LogP contribution in [0.5, 0.6) is 0 Å². The molecule has 1 heterocycles. The third kappa shape index (κ3) is 3.43. The standard InChI is InChI=1S/C10H15ClN4O/c1-6(2)8(12)10(16)15-5-7-9(11)14-4-3-13-7/h3-4,6,8H,5,12H2,1-2H3,(H,15,16). The topological polar surface area (TPSA) is 80.9 Å². The number of carbonyl (C=O) groups excluding carboxylic acids is 1. The Balaban J connectivity index is 2.52. The van der Waals surface area contributed by atoms with Gasteiger partial charge in [0.15, 0.2) is 5.15 Å². The predicted molar refractivity (Wildman–Crippen MR) is 61.7 cm³/mol. The van der Waals surface area contributed by atoms with Gasteiger partial charge in [0.05, 0.1) is 18.3 Å². The molecule has 0 aliphatic carbocycles. The van der Waals surface area contributed by atoms with Crippen molar-refractivity contribution in [1.29, 1.82) is 0 Å². The number of hydrogen-bond acceptors (Lipinski definition) is 4. The molecule has 6 heteroatoms. The number of nitrogens with two attached hydrogens (primary N) is 1. The van der Waals surface area contributed by atoms with Crippen LogP contribution in [0.1, 0.15) is 19.5 Å². The fourth-order valence-electron chi connectivity index (χ4n) is 1.06. The molecule has 1 amide bonds. The maximum absolute atomic E-state index is 11.5. The van der Waals surface area contributed by atoms with Gasteiger partial charge in [-0.1, -0.05) is 25.4 Å². The average Bonchev–Trinajstić information content (AvgIpc) is 2.26. The summed E-state index contributed by atoms with van der Waals surface area (Å²) in [4.78, 5) is 19.4. The molecule has 3 N–H and O–H groups in total. The van der Waals surface area contributed by atoms with E-state index in [0.717, 1.165) is 0 Å². The fourth-order valence-corrected chi connectivity index (χ4v) is 1.23. The lowest BCUT2D eigenvalue weighted by molar-refractivity contribution is -0.123. The first-order valence-electron chi connectivity index (χ1n) is 5.01. The minimum absolute atomic E-state index is 0.0947. The van der Waals surface area contributed by atoms with E-state index in [1.54, 1.807) is 0 Å². The van der Waals surface area contributed by atoms with Gasteiger partial charge in [-0.25, -0.2) is 4.98 Å².